The Bertz CT molecular complexity index is 583. The number of halogens is 1. The minimum atomic E-state index is -0.551. The number of aromatic nitrogens is 1. The highest BCUT2D eigenvalue weighted by atomic mass is 32.1. The summed E-state index contributed by atoms with van der Waals surface area (Å²) in [5.41, 5.74) is 1.82. The number of fused-ring (bicyclic) bond motifs is 1. The minimum absolute atomic E-state index is 0.146. The number of hydrogen-bond acceptors (Lipinski definition) is 3. The van der Waals surface area contributed by atoms with E-state index in [0.717, 1.165) is 17.7 Å². The van der Waals surface area contributed by atoms with Crippen LogP contribution >= 0.6 is 11.3 Å². The molecule has 2 aromatic heterocycles. The van der Waals surface area contributed by atoms with Crippen molar-refractivity contribution in [3.05, 3.63) is 45.7 Å². The molecule has 3 nitrogen and oxygen atoms in total. The molecular weight excluding hydrogens is 263 g/mol. The molecule has 1 N–H and O–H groups in total. The van der Waals surface area contributed by atoms with Crippen LogP contribution in [0.5, 0.6) is 0 Å². The number of carbonyl (C=O) groups is 1. The first kappa shape index (κ1) is 12.3. The number of pyridine rings is 1. The van der Waals surface area contributed by atoms with Crippen LogP contribution in [-0.4, -0.2) is 10.9 Å². The Labute approximate surface area is 114 Å². The predicted octanol–water partition coefficient (Wildman–Crippen LogP) is 3.41. The van der Waals surface area contributed by atoms with Crippen molar-refractivity contribution >= 4 is 22.9 Å². The van der Waals surface area contributed by atoms with Crippen molar-refractivity contribution in [1.82, 2.24) is 4.98 Å². The van der Waals surface area contributed by atoms with Gasteiger partial charge in [-0.15, -0.1) is 11.3 Å². The Morgan fingerprint density at radius 3 is 2.89 bits per heavy atom. The molecule has 5 heteroatoms. The minimum Gasteiger partial charge on any atom is -0.320 e. The lowest BCUT2D eigenvalue weighted by Gasteiger charge is -2.08. The van der Waals surface area contributed by atoms with Gasteiger partial charge in [0.1, 0.15) is 0 Å². The first-order valence-corrected chi connectivity index (χ1v) is 7.08. The second kappa shape index (κ2) is 5.09. The van der Waals surface area contributed by atoms with Gasteiger partial charge in [-0.05, 0) is 49.4 Å². The van der Waals surface area contributed by atoms with Crippen LogP contribution in [0.2, 0.25) is 0 Å². The van der Waals surface area contributed by atoms with E-state index in [1.807, 2.05) is 6.07 Å². The van der Waals surface area contributed by atoms with Crippen LogP contribution in [0.15, 0.2) is 24.4 Å². The second-order valence-corrected chi connectivity index (χ2v) is 5.73. The number of amides is 1. The van der Waals surface area contributed by atoms with E-state index < -0.39 is 5.95 Å². The molecule has 0 bridgehead atoms. The molecule has 1 aliphatic carbocycles. The van der Waals surface area contributed by atoms with Gasteiger partial charge in [-0.2, -0.15) is 4.39 Å². The van der Waals surface area contributed by atoms with Crippen molar-refractivity contribution < 1.29 is 9.18 Å². The molecule has 3 rings (SSSR count). The highest BCUT2D eigenvalue weighted by Crippen LogP contribution is 2.30. The molecule has 2 aromatic rings. The van der Waals surface area contributed by atoms with E-state index in [-0.39, 0.29) is 5.91 Å². The molecule has 98 valence electrons. The molecule has 2 heterocycles. The number of thiophene rings is 1. The highest BCUT2D eigenvalue weighted by Gasteiger charge is 2.17. The van der Waals surface area contributed by atoms with Gasteiger partial charge in [0, 0.05) is 4.88 Å². The summed E-state index contributed by atoms with van der Waals surface area (Å²) >= 11 is 1.56. The van der Waals surface area contributed by atoms with Crippen LogP contribution in [0.1, 0.15) is 33.0 Å². The van der Waals surface area contributed by atoms with Gasteiger partial charge in [0.2, 0.25) is 5.95 Å². The molecule has 19 heavy (non-hydrogen) atoms. The van der Waals surface area contributed by atoms with Gasteiger partial charge < -0.3 is 5.32 Å². The first-order chi connectivity index (χ1) is 9.22. The van der Waals surface area contributed by atoms with Crippen molar-refractivity contribution in [2.24, 2.45) is 0 Å². The summed E-state index contributed by atoms with van der Waals surface area (Å²) in [5, 5.41) is 2.74. The number of aryl methyl sites for hydroxylation is 2. The van der Waals surface area contributed by atoms with E-state index in [1.165, 1.54) is 41.6 Å². The van der Waals surface area contributed by atoms with Crippen LogP contribution in [0, 0.1) is 5.95 Å². The number of rotatable bonds is 2. The smallest absolute Gasteiger partial charge is 0.265 e. The van der Waals surface area contributed by atoms with Crippen LogP contribution < -0.4 is 5.32 Å². The average Bonchev–Trinajstić information content (AvgIpc) is 2.85. The number of hydrogen-bond donors (Lipinski definition) is 1. The van der Waals surface area contributed by atoms with Crippen LogP contribution in [0.25, 0.3) is 0 Å². The second-order valence-electron chi connectivity index (χ2n) is 4.59. The number of nitrogens with zero attached hydrogens (tertiary/aromatic N) is 1. The first-order valence-electron chi connectivity index (χ1n) is 6.27. The molecule has 1 amide bonds. The van der Waals surface area contributed by atoms with E-state index in [2.05, 4.69) is 10.3 Å². The lowest BCUT2D eigenvalue weighted by atomic mass is 9.99. The third kappa shape index (κ3) is 2.66. The predicted molar refractivity (Wildman–Crippen MR) is 73.1 cm³/mol. The quantitative estimate of drug-likeness (QED) is 0.854. The maximum Gasteiger partial charge on any atom is 0.265 e. The van der Waals surface area contributed by atoms with Gasteiger partial charge in [0.05, 0.1) is 16.8 Å². The van der Waals surface area contributed by atoms with E-state index >= 15 is 0 Å². The Kier molecular flexibility index (Phi) is 3.29. The summed E-state index contributed by atoms with van der Waals surface area (Å²) in [6, 6.07) is 4.72. The Balaban J connectivity index is 1.76. The summed E-state index contributed by atoms with van der Waals surface area (Å²) in [4.78, 5) is 17.7. The summed E-state index contributed by atoms with van der Waals surface area (Å²) in [6.07, 6.45) is 5.87. The standard InChI is InChI=1S/C14H13FN2OS/c15-13-6-5-10(8-16-13)17-14(18)12-7-9-3-1-2-4-11(9)19-12/h5-8H,1-4H2,(H,17,18). The summed E-state index contributed by atoms with van der Waals surface area (Å²) in [5.74, 6) is -0.697. The zero-order chi connectivity index (χ0) is 13.2. The third-order valence-corrected chi connectivity index (χ3v) is 4.44. The molecule has 0 unspecified atom stereocenters. The molecule has 1 aliphatic rings. The molecule has 0 saturated carbocycles. The van der Waals surface area contributed by atoms with Crippen molar-refractivity contribution in [1.29, 1.82) is 0 Å². The largest absolute Gasteiger partial charge is 0.320 e. The Morgan fingerprint density at radius 2 is 2.16 bits per heavy atom. The van der Waals surface area contributed by atoms with Crippen LogP contribution in [0.4, 0.5) is 10.1 Å². The highest BCUT2D eigenvalue weighted by molar-refractivity contribution is 7.14. The van der Waals surface area contributed by atoms with Crippen molar-refractivity contribution in [3.63, 3.8) is 0 Å². The average molecular weight is 276 g/mol. The molecule has 0 atom stereocenters. The SMILES string of the molecule is O=C(Nc1ccc(F)nc1)c1cc2c(s1)CCCC2. The summed E-state index contributed by atoms with van der Waals surface area (Å²) < 4.78 is 12.7. The maximum absolute atomic E-state index is 12.7. The molecular formula is C14H13FN2OS. The fraction of sp³-hybridized carbons (Fsp3) is 0.286. The number of carbonyl (C=O) groups excluding carboxylic acids is 1. The molecule has 0 aromatic carbocycles. The topological polar surface area (TPSA) is 42.0 Å². The molecule has 0 fully saturated rings. The molecule has 0 aliphatic heterocycles. The number of anilines is 1. The van der Waals surface area contributed by atoms with E-state index in [9.17, 15) is 9.18 Å². The van der Waals surface area contributed by atoms with E-state index in [0.29, 0.717) is 5.69 Å². The van der Waals surface area contributed by atoms with Crippen molar-refractivity contribution in [3.8, 4) is 0 Å². The third-order valence-electron chi connectivity index (χ3n) is 3.21. The van der Waals surface area contributed by atoms with E-state index in [1.54, 1.807) is 11.3 Å². The van der Waals surface area contributed by atoms with Gasteiger partial charge in [-0.25, -0.2) is 4.98 Å². The molecule has 0 spiro atoms. The molecule has 0 radical (unpaired) electrons. The van der Waals surface area contributed by atoms with E-state index in [4.69, 9.17) is 0 Å². The summed E-state index contributed by atoms with van der Waals surface area (Å²) in [7, 11) is 0. The lowest BCUT2D eigenvalue weighted by molar-refractivity contribution is 0.103. The Hall–Kier alpha value is -1.75. The zero-order valence-electron chi connectivity index (χ0n) is 10.3. The fourth-order valence-corrected chi connectivity index (χ4v) is 3.39. The monoisotopic (exact) mass is 276 g/mol. The molecule has 0 saturated heterocycles. The normalized spacial score (nSPS) is 13.9. The van der Waals surface area contributed by atoms with Gasteiger partial charge in [0.15, 0.2) is 0 Å². The lowest BCUT2D eigenvalue weighted by Crippen LogP contribution is -2.10. The van der Waals surface area contributed by atoms with Crippen molar-refractivity contribution in [2.45, 2.75) is 25.7 Å². The van der Waals surface area contributed by atoms with Gasteiger partial charge >= 0.3 is 0 Å². The zero-order valence-corrected chi connectivity index (χ0v) is 11.1. The van der Waals surface area contributed by atoms with Crippen LogP contribution in [-0.2, 0) is 12.8 Å². The maximum atomic E-state index is 12.7. The van der Waals surface area contributed by atoms with Crippen LogP contribution in [0.3, 0.4) is 0 Å². The van der Waals surface area contributed by atoms with Crippen molar-refractivity contribution in [2.75, 3.05) is 5.32 Å². The fourth-order valence-electron chi connectivity index (χ4n) is 2.25. The van der Waals surface area contributed by atoms with Gasteiger partial charge in [-0.3, -0.25) is 4.79 Å². The van der Waals surface area contributed by atoms with Gasteiger partial charge in [0.25, 0.3) is 5.91 Å². The Morgan fingerprint density at radius 1 is 1.32 bits per heavy atom. The van der Waals surface area contributed by atoms with Gasteiger partial charge in [-0.1, -0.05) is 0 Å². The number of nitrogens with one attached hydrogen (secondary N) is 1. The summed E-state index contributed by atoms with van der Waals surface area (Å²) in [6.45, 7) is 0.